The van der Waals surface area contributed by atoms with Gasteiger partial charge in [-0.15, -0.1) is 0 Å². The molecule has 0 radical (unpaired) electrons. The third-order valence-corrected chi connectivity index (χ3v) is 3.45. The summed E-state index contributed by atoms with van der Waals surface area (Å²) in [6, 6.07) is 11.9. The first kappa shape index (κ1) is 13.4. The summed E-state index contributed by atoms with van der Waals surface area (Å²) in [5, 5.41) is 4.63. The topological polar surface area (TPSA) is 39.9 Å². The largest absolute Gasteiger partial charge is 0.497 e. The van der Waals surface area contributed by atoms with E-state index in [-0.39, 0.29) is 0 Å². The average molecular weight is 279 g/mol. The van der Waals surface area contributed by atoms with Gasteiger partial charge in [0, 0.05) is 23.7 Å². The van der Waals surface area contributed by atoms with E-state index < -0.39 is 0 Å². The molecule has 0 saturated carbocycles. The van der Waals surface area contributed by atoms with Crippen molar-refractivity contribution in [3.05, 3.63) is 60.0 Å². The first-order valence-corrected chi connectivity index (χ1v) is 6.81. The van der Waals surface area contributed by atoms with Gasteiger partial charge in [-0.1, -0.05) is 0 Å². The molecular weight excluding hydrogens is 262 g/mol. The molecule has 2 aromatic heterocycles. The maximum absolute atomic E-state index is 5.17. The molecular formula is C17H17N3O. The Hall–Kier alpha value is -2.62. The second-order valence-electron chi connectivity index (χ2n) is 4.98. The quantitative estimate of drug-likeness (QED) is 0.736. The molecule has 21 heavy (non-hydrogen) atoms. The molecule has 0 aliphatic heterocycles. The number of ether oxygens (including phenoxy) is 1. The van der Waals surface area contributed by atoms with Crippen LogP contribution in [0.2, 0.25) is 0 Å². The number of aryl methyl sites for hydroxylation is 2. The van der Waals surface area contributed by atoms with Crippen LogP contribution in [0.25, 0.3) is 16.9 Å². The SMILES string of the molecule is COc1ccc(-n2ccc(-c3cnc(C)cc3C)n2)cc1. The van der Waals surface area contributed by atoms with Crippen molar-refractivity contribution in [1.29, 1.82) is 0 Å². The zero-order chi connectivity index (χ0) is 14.8. The number of hydrogen-bond acceptors (Lipinski definition) is 3. The fourth-order valence-corrected chi connectivity index (χ4v) is 2.31. The van der Waals surface area contributed by atoms with Gasteiger partial charge in [-0.05, 0) is 55.8 Å². The van der Waals surface area contributed by atoms with Gasteiger partial charge in [-0.3, -0.25) is 4.98 Å². The number of rotatable bonds is 3. The summed E-state index contributed by atoms with van der Waals surface area (Å²) in [7, 11) is 1.66. The van der Waals surface area contributed by atoms with Crippen molar-refractivity contribution < 1.29 is 4.74 Å². The fourth-order valence-electron chi connectivity index (χ4n) is 2.31. The number of benzene rings is 1. The van der Waals surface area contributed by atoms with E-state index in [0.717, 1.165) is 28.4 Å². The highest BCUT2D eigenvalue weighted by Crippen LogP contribution is 2.22. The van der Waals surface area contributed by atoms with Crippen molar-refractivity contribution in [2.45, 2.75) is 13.8 Å². The lowest BCUT2D eigenvalue weighted by Crippen LogP contribution is -1.96. The minimum Gasteiger partial charge on any atom is -0.497 e. The van der Waals surface area contributed by atoms with Crippen LogP contribution in [0.4, 0.5) is 0 Å². The van der Waals surface area contributed by atoms with Gasteiger partial charge in [0.25, 0.3) is 0 Å². The Kier molecular flexibility index (Phi) is 3.44. The Morgan fingerprint density at radius 1 is 1.05 bits per heavy atom. The highest BCUT2D eigenvalue weighted by atomic mass is 16.5. The van der Waals surface area contributed by atoms with Crippen molar-refractivity contribution in [3.63, 3.8) is 0 Å². The van der Waals surface area contributed by atoms with Crippen molar-refractivity contribution in [2.75, 3.05) is 7.11 Å². The Bertz CT molecular complexity index is 760. The zero-order valence-corrected chi connectivity index (χ0v) is 12.4. The third-order valence-electron chi connectivity index (χ3n) is 3.45. The maximum atomic E-state index is 5.17. The van der Waals surface area contributed by atoms with Crippen molar-refractivity contribution >= 4 is 0 Å². The minimum absolute atomic E-state index is 0.838. The van der Waals surface area contributed by atoms with Crippen molar-refractivity contribution in [1.82, 2.24) is 14.8 Å². The molecule has 0 spiro atoms. The van der Waals surface area contributed by atoms with Crippen LogP contribution in [0.15, 0.2) is 48.8 Å². The number of methoxy groups -OCH3 is 1. The lowest BCUT2D eigenvalue weighted by Gasteiger charge is -2.05. The molecule has 0 unspecified atom stereocenters. The molecule has 3 aromatic rings. The smallest absolute Gasteiger partial charge is 0.119 e. The summed E-state index contributed by atoms with van der Waals surface area (Å²) < 4.78 is 7.02. The second kappa shape index (κ2) is 5.40. The lowest BCUT2D eigenvalue weighted by atomic mass is 10.1. The summed E-state index contributed by atoms with van der Waals surface area (Å²) in [5.74, 6) is 0.838. The molecule has 0 amide bonds. The van der Waals surface area contributed by atoms with E-state index in [1.165, 1.54) is 5.56 Å². The summed E-state index contributed by atoms with van der Waals surface area (Å²) in [6.45, 7) is 4.07. The van der Waals surface area contributed by atoms with Gasteiger partial charge in [-0.2, -0.15) is 5.10 Å². The van der Waals surface area contributed by atoms with Crippen LogP contribution in [0.3, 0.4) is 0 Å². The van der Waals surface area contributed by atoms with Crippen LogP contribution in [-0.2, 0) is 0 Å². The van der Waals surface area contributed by atoms with Crippen LogP contribution < -0.4 is 4.74 Å². The molecule has 0 saturated heterocycles. The van der Waals surface area contributed by atoms with Gasteiger partial charge >= 0.3 is 0 Å². The zero-order valence-electron chi connectivity index (χ0n) is 12.4. The van der Waals surface area contributed by atoms with Gasteiger partial charge in [-0.25, -0.2) is 4.68 Å². The second-order valence-corrected chi connectivity index (χ2v) is 4.98. The van der Waals surface area contributed by atoms with Crippen LogP contribution in [0, 0.1) is 13.8 Å². The Morgan fingerprint density at radius 2 is 1.81 bits per heavy atom. The number of aromatic nitrogens is 3. The van der Waals surface area contributed by atoms with Gasteiger partial charge in [0.15, 0.2) is 0 Å². The highest BCUT2D eigenvalue weighted by Gasteiger charge is 2.07. The molecule has 0 bridgehead atoms. The van der Waals surface area contributed by atoms with Gasteiger partial charge < -0.3 is 4.74 Å². The highest BCUT2D eigenvalue weighted by molar-refractivity contribution is 5.62. The molecule has 0 aliphatic rings. The Morgan fingerprint density at radius 3 is 2.48 bits per heavy atom. The van der Waals surface area contributed by atoms with Crippen LogP contribution in [0.1, 0.15) is 11.3 Å². The van der Waals surface area contributed by atoms with Gasteiger partial charge in [0.05, 0.1) is 18.5 Å². The van der Waals surface area contributed by atoms with E-state index in [1.807, 2.05) is 54.3 Å². The molecule has 2 heterocycles. The van der Waals surface area contributed by atoms with E-state index in [1.54, 1.807) is 7.11 Å². The molecule has 0 fully saturated rings. The normalized spacial score (nSPS) is 10.6. The predicted molar refractivity (Wildman–Crippen MR) is 82.8 cm³/mol. The van der Waals surface area contributed by atoms with Crippen LogP contribution >= 0.6 is 0 Å². The first-order valence-electron chi connectivity index (χ1n) is 6.81. The molecule has 106 valence electrons. The lowest BCUT2D eigenvalue weighted by molar-refractivity contribution is 0.414. The molecule has 0 aliphatic carbocycles. The van der Waals surface area contributed by atoms with Crippen molar-refractivity contribution in [2.24, 2.45) is 0 Å². The number of hydrogen-bond donors (Lipinski definition) is 0. The molecule has 4 heteroatoms. The molecule has 0 atom stereocenters. The molecule has 4 nitrogen and oxygen atoms in total. The summed E-state index contributed by atoms with van der Waals surface area (Å²) >= 11 is 0. The summed E-state index contributed by atoms with van der Waals surface area (Å²) in [5.41, 5.74) is 5.19. The van der Waals surface area contributed by atoms with Gasteiger partial charge in [0.1, 0.15) is 5.75 Å². The van der Waals surface area contributed by atoms with Crippen molar-refractivity contribution in [3.8, 4) is 22.7 Å². The number of pyridine rings is 1. The van der Waals surface area contributed by atoms with Gasteiger partial charge in [0.2, 0.25) is 0 Å². The Labute approximate surface area is 124 Å². The van der Waals surface area contributed by atoms with E-state index in [2.05, 4.69) is 23.1 Å². The summed E-state index contributed by atoms with van der Waals surface area (Å²) in [6.07, 6.45) is 3.84. The Balaban J connectivity index is 1.95. The predicted octanol–water partition coefficient (Wildman–Crippen LogP) is 3.56. The van der Waals surface area contributed by atoms with Crippen LogP contribution in [-0.4, -0.2) is 21.9 Å². The molecule has 3 rings (SSSR count). The number of nitrogens with zero attached hydrogens (tertiary/aromatic N) is 3. The van der Waals surface area contributed by atoms with E-state index in [4.69, 9.17) is 4.74 Å². The maximum Gasteiger partial charge on any atom is 0.119 e. The standard InChI is InChI=1S/C17H17N3O/c1-12-10-13(2)18-11-16(12)17-8-9-20(19-17)14-4-6-15(21-3)7-5-14/h4-11H,1-3H3. The monoisotopic (exact) mass is 279 g/mol. The average Bonchev–Trinajstić information content (AvgIpc) is 2.97. The van der Waals surface area contributed by atoms with Crippen LogP contribution in [0.5, 0.6) is 5.75 Å². The van der Waals surface area contributed by atoms with E-state index in [0.29, 0.717) is 0 Å². The molecule has 1 aromatic carbocycles. The first-order chi connectivity index (χ1) is 10.2. The van der Waals surface area contributed by atoms with E-state index >= 15 is 0 Å². The van der Waals surface area contributed by atoms with E-state index in [9.17, 15) is 0 Å². The summed E-state index contributed by atoms with van der Waals surface area (Å²) in [4.78, 5) is 4.36. The molecule has 0 N–H and O–H groups in total. The third kappa shape index (κ3) is 2.65. The fraction of sp³-hybridized carbons (Fsp3) is 0.176. The minimum atomic E-state index is 0.838.